The highest BCUT2D eigenvalue weighted by Crippen LogP contribution is 2.04. The predicted molar refractivity (Wildman–Crippen MR) is 77.5 cm³/mol. The van der Waals surface area contributed by atoms with Gasteiger partial charge in [0.1, 0.15) is 0 Å². The van der Waals surface area contributed by atoms with Crippen LogP contribution in [0.25, 0.3) is 0 Å². The third-order valence-electron chi connectivity index (χ3n) is 2.67. The van der Waals surface area contributed by atoms with Crippen molar-refractivity contribution in [1.29, 1.82) is 0 Å². The molecule has 0 bridgehead atoms. The standard InChI is InChI=1S/C16H28O2/c1-3-5-6-7-8-9-10-11-12-13-14-15-16(17)18-4-2/h8-9,14-15H,3-7,10-13H2,1-2H3/b9-8-,15-14+. The first kappa shape index (κ1) is 16.9. The van der Waals surface area contributed by atoms with Gasteiger partial charge < -0.3 is 4.74 Å². The topological polar surface area (TPSA) is 26.3 Å². The van der Waals surface area contributed by atoms with E-state index >= 15 is 0 Å². The Labute approximate surface area is 112 Å². The van der Waals surface area contributed by atoms with Crippen molar-refractivity contribution in [3.8, 4) is 0 Å². The van der Waals surface area contributed by atoms with E-state index in [9.17, 15) is 4.79 Å². The third kappa shape index (κ3) is 13.0. The van der Waals surface area contributed by atoms with Crippen LogP contribution < -0.4 is 0 Å². The molecule has 0 radical (unpaired) electrons. The van der Waals surface area contributed by atoms with Crippen molar-refractivity contribution in [3.63, 3.8) is 0 Å². The quantitative estimate of drug-likeness (QED) is 0.228. The van der Waals surface area contributed by atoms with Crippen LogP contribution >= 0.6 is 0 Å². The summed E-state index contributed by atoms with van der Waals surface area (Å²) in [6, 6.07) is 0. The van der Waals surface area contributed by atoms with Gasteiger partial charge in [0.05, 0.1) is 6.61 Å². The van der Waals surface area contributed by atoms with Crippen LogP contribution in [0.3, 0.4) is 0 Å². The van der Waals surface area contributed by atoms with E-state index in [0.717, 1.165) is 19.3 Å². The predicted octanol–water partition coefficient (Wildman–Crippen LogP) is 4.80. The molecule has 2 nitrogen and oxygen atoms in total. The largest absolute Gasteiger partial charge is 0.463 e. The Morgan fingerprint density at radius 2 is 1.44 bits per heavy atom. The molecule has 18 heavy (non-hydrogen) atoms. The van der Waals surface area contributed by atoms with E-state index in [-0.39, 0.29) is 5.97 Å². The van der Waals surface area contributed by atoms with E-state index in [1.807, 2.05) is 13.0 Å². The normalized spacial score (nSPS) is 11.4. The number of carbonyl (C=O) groups is 1. The monoisotopic (exact) mass is 252 g/mol. The Balaban J connectivity index is 3.27. The van der Waals surface area contributed by atoms with E-state index in [0.29, 0.717) is 6.61 Å². The van der Waals surface area contributed by atoms with Gasteiger partial charge in [-0.15, -0.1) is 0 Å². The van der Waals surface area contributed by atoms with Gasteiger partial charge in [0.2, 0.25) is 0 Å². The number of esters is 1. The smallest absolute Gasteiger partial charge is 0.330 e. The van der Waals surface area contributed by atoms with Crippen molar-refractivity contribution in [1.82, 2.24) is 0 Å². The fraction of sp³-hybridized carbons (Fsp3) is 0.688. The van der Waals surface area contributed by atoms with Gasteiger partial charge >= 0.3 is 5.97 Å². The molecule has 0 saturated carbocycles. The van der Waals surface area contributed by atoms with E-state index in [2.05, 4.69) is 19.1 Å². The van der Waals surface area contributed by atoms with Gasteiger partial charge in [0, 0.05) is 6.08 Å². The Morgan fingerprint density at radius 1 is 0.889 bits per heavy atom. The van der Waals surface area contributed by atoms with Crippen LogP contribution in [0.15, 0.2) is 24.3 Å². The van der Waals surface area contributed by atoms with Crippen LogP contribution in [-0.2, 0) is 9.53 Å². The molecule has 0 aliphatic carbocycles. The van der Waals surface area contributed by atoms with Crippen LogP contribution in [0.1, 0.15) is 65.2 Å². The molecule has 0 amide bonds. The zero-order valence-corrected chi connectivity index (χ0v) is 12.0. The number of unbranched alkanes of at least 4 members (excludes halogenated alkanes) is 6. The molecule has 0 atom stereocenters. The molecule has 0 fully saturated rings. The van der Waals surface area contributed by atoms with Crippen LogP contribution in [0.4, 0.5) is 0 Å². The first-order chi connectivity index (χ1) is 8.81. The molecule has 0 heterocycles. The van der Waals surface area contributed by atoms with Crippen molar-refractivity contribution >= 4 is 5.97 Å². The molecule has 0 aromatic rings. The fourth-order valence-electron chi connectivity index (χ4n) is 1.64. The molecule has 0 N–H and O–H groups in total. The average molecular weight is 252 g/mol. The van der Waals surface area contributed by atoms with Gasteiger partial charge in [0.25, 0.3) is 0 Å². The van der Waals surface area contributed by atoms with E-state index in [1.54, 1.807) is 0 Å². The molecule has 2 heteroatoms. The van der Waals surface area contributed by atoms with Crippen molar-refractivity contribution in [3.05, 3.63) is 24.3 Å². The molecule has 0 aliphatic heterocycles. The van der Waals surface area contributed by atoms with Gasteiger partial charge in [0.15, 0.2) is 0 Å². The first-order valence-electron chi connectivity index (χ1n) is 7.29. The highest BCUT2D eigenvalue weighted by Gasteiger charge is 1.91. The lowest BCUT2D eigenvalue weighted by Gasteiger charge is -1.95. The Morgan fingerprint density at radius 3 is 2.00 bits per heavy atom. The van der Waals surface area contributed by atoms with E-state index in [1.165, 1.54) is 38.2 Å². The summed E-state index contributed by atoms with van der Waals surface area (Å²) in [5.74, 6) is -0.228. The second kappa shape index (κ2) is 14.0. The fourth-order valence-corrected chi connectivity index (χ4v) is 1.64. The Kier molecular flexibility index (Phi) is 13.2. The summed E-state index contributed by atoms with van der Waals surface area (Å²) in [5, 5.41) is 0. The molecular weight excluding hydrogens is 224 g/mol. The maximum Gasteiger partial charge on any atom is 0.330 e. The van der Waals surface area contributed by atoms with Gasteiger partial charge in [-0.3, -0.25) is 0 Å². The molecule has 0 saturated heterocycles. The molecule has 0 aromatic carbocycles. The van der Waals surface area contributed by atoms with Crippen molar-refractivity contribution in [2.24, 2.45) is 0 Å². The number of hydrogen-bond donors (Lipinski definition) is 0. The minimum absolute atomic E-state index is 0.228. The lowest BCUT2D eigenvalue weighted by Crippen LogP contribution is -1.98. The summed E-state index contributed by atoms with van der Waals surface area (Å²) >= 11 is 0. The first-order valence-corrected chi connectivity index (χ1v) is 7.29. The number of hydrogen-bond acceptors (Lipinski definition) is 2. The second-order valence-electron chi connectivity index (χ2n) is 4.41. The SMILES string of the molecule is CCCCC/C=C\CCCC/C=C/C(=O)OCC. The Bertz CT molecular complexity index is 241. The molecule has 0 unspecified atom stereocenters. The number of ether oxygens (including phenoxy) is 1. The maximum atomic E-state index is 11.0. The molecular formula is C16H28O2. The van der Waals surface area contributed by atoms with Gasteiger partial charge in [-0.1, -0.05) is 38.0 Å². The van der Waals surface area contributed by atoms with Crippen molar-refractivity contribution < 1.29 is 9.53 Å². The van der Waals surface area contributed by atoms with Gasteiger partial charge in [-0.2, -0.15) is 0 Å². The van der Waals surface area contributed by atoms with Crippen molar-refractivity contribution in [2.45, 2.75) is 65.2 Å². The maximum absolute atomic E-state index is 11.0. The van der Waals surface area contributed by atoms with Crippen LogP contribution in [0.5, 0.6) is 0 Å². The van der Waals surface area contributed by atoms with Crippen LogP contribution in [-0.4, -0.2) is 12.6 Å². The number of allylic oxidation sites excluding steroid dienone is 3. The van der Waals surface area contributed by atoms with E-state index in [4.69, 9.17) is 4.74 Å². The highest BCUT2D eigenvalue weighted by atomic mass is 16.5. The molecule has 0 aromatic heterocycles. The van der Waals surface area contributed by atoms with Crippen LogP contribution in [0.2, 0.25) is 0 Å². The van der Waals surface area contributed by atoms with Gasteiger partial charge in [-0.25, -0.2) is 4.79 Å². The molecule has 0 spiro atoms. The average Bonchev–Trinajstić information content (AvgIpc) is 2.36. The third-order valence-corrected chi connectivity index (χ3v) is 2.67. The van der Waals surface area contributed by atoms with Crippen molar-refractivity contribution in [2.75, 3.05) is 6.61 Å². The summed E-state index contributed by atoms with van der Waals surface area (Å²) < 4.78 is 4.80. The second-order valence-corrected chi connectivity index (χ2v) is 4.41. The van der Waals surface area contributed by atoms with E-state index < -0.39 is 0 Å². The lowest BCUT2D eigenvalue weighted by atomic mass is 10.1. The van der Waals surface area contributed by atoms with Crippen LogP contribution in [0, 0.1) is 0 Å². The summed E-state index contributed by atoms with van der Waals surface area (Å²) in [6.45, 7) is 4.50. The minimum Gasteiger partial charge on any atom is -0.463 e. The number of carbonyl (C=O) groups excluding carboxylic acids is 1. The zero-order chi connectivity index (χ0) is 13.5. The summed E-state index contributed by atoms with van der Waals surface area (Å²) in [5.41, 5.74) is 0. The number of rotatable bonds is 11. The lowest BCUT2D eigenvalue weighted by molar-refractivity contribution is -0.137. The zero-order valence-electron chi connectivity index (χ0n) is 12.0. The summed E-state index contributed by atoms with van der Waals surface area (Å²) in [6.07, 6.45) is 17.6. The Hall–Kier alpha value is -1.05. The van der Waals surface area contributed by atoms with Gasteiger partial charge in [-0.05, 0) is 45.4 Å². The molecule has 0 aliphatic rings. The molecule has 104 valence electrons. The minimum atomic E-state index is -0.228. The highest BCUT2D eigenvalue weighted by molar-refractivity contribution is 5.81. The molecule has 0 rings (SSSR count). The summed E-state index contributed by atoms with van der Waals surface area (Å²) in [7, 11) is 0. The summed E-state index contributed by atoms with van der Waals surface area (Å²) in [4.78, 5) is 11.0.